The Balaban J connectivity index is 0.761. The molecule has 15 heteroatoms. The van der Waals surface area contributed by atoms with Crippen molar-refractivity contribution in [2.75, 3.05) is 74.5 Å². The van der Waals surface area contributed by atoms with Crippen LogP contribution in [-0.2, 0) is 9.53 Å². The minimum absolute atomic E-state index is 0.0988. The second-order valence-corrected chi connectivity index (χ2v) is 16.1. The quantitative estimate of drug-likeness (QED) is 0.178. The van der Waals surface area contributed by atoms with Crippen LogP contribution in [-0.4, -0.2) is 112 Å². The Labute approximate surface area is 341 Å². The summed E-state index contributed by atoms with van der Waals surface area (Å²) in [5.74, 6) is 0.0540. The van der Waals surface area contributed by atoms with E-state index in [-0.39, 0.29) is 36.1 Å². The van der Waals surface area contributed by atoms with E-state index in [1.807, 2.05) is 54.6 Å². The van der Waals surface area contributed by atoms with Gasteiger partial charge < -0.3 is 34.8 Å². The maximum Gasteiger partial charge on any atom is 0.328 e. The summed E-state index contributed by atoms with van der Waals surface area (Å²) in [6.07, 6.45) is 4.52. The summed E-state index contributed by atoms with van der Waals surface area (Å²) in [5, 5.41) is 22.2. The molecule has 59 heavy (non-hydrogen) atoms. The highest BCUT2D eigenvalue weighted by molar-refractivity contribution is 6.06. The number of likely N-dealkylation sites (tertiary alicyclic amines) is 2. The standard InChI is InChI=1S/C44H48FN9O5/c45-44(28-50-17-12-32(13-18-50)53-19-11-31-25-33(9-10-36(31)53)54-20-14-40(56)47-43(54)58)15-21-51(22-16-44)42(57)30-7-5-29(6-8-30)39-27-52(23-24-59-39)37-26-35(48-49-41(37)46)34-3-1-2-4-38(34)55/h1-11,19,25-26,32,39,55H,12-18,20-24,27-28H2,(H2,46,49)(H,47,56,58)/t39-/m0/s1. The van der Waals surface area contributed by atoms with Crippen LogP contribution >= 0.6 is 0 Å². The fourth-order valence-corrected chi connectivity index (χ4v) is 9.03. The number of nitrogens with zero attached hydrogens (tertiary/aromatic N) is 7. The number of carbonyl (C=O) groups is 3. The Hall–Kier alpha value is -6.06. The zero-order valence-electron chi connectivity index (χ0n) is 32.8. The summed E-state index contributed by atoms with van der Waals surface area (Å²) in [5.41, 5.74) is 10.1. The van der Waals surface area contributed by atoms with Crippen LogP contribution in [0, 0.1) is 0 Å². The van der Waals surface area contributed by atoms with E-state index in [9.17, 15) is 19.5 Å². The van der Waals surface area contributed by atoms with Gasteiger partial charge in [0.1, 0.15) is 17.5 Å². The van der Waals surface area contributed by atoms with Crippen molar-refractivity contribution in [3.05, 3.63) is 96.2 Å². The molecule has 2 aromatic heterocycles. The van der Waals surface area contributed by atoms with Gasteiger partial charge in [-0.2, -0.15) is 0 Å². The van der Waals surface area contributed by atoms with E-state index >= 15 is 4.39 Å². The Kier molecular flexibility index (Phi) is 10.4. The molecule has 0 bridgehead atoms. The Morgan fingerprint density at radius 1 is 0.932 bits per heavy atom. The number of carbonyl (C=O) groups excluding carboxylic acids is 3. The van der Waals surface area contributed by atoms with Gasteiger partial charge >= 0.3 is 6.03 Å². The number of nitrogens with one attached hydrogen (secondary N) is 1. The molecule has 0 unspecified atom stereocenters. The van der Waals surface area contributed by atoms with Gasteiger partial charge in [-0.05, 0) is 73.0 Å². The first-order valence-corrected chi connectivity index (χ1v) is 20.4. The van der Waals surface area contributed by atoms with E-state index in [2.05, 4.69) is 42.1 Å². The minimum atomic E-state index is -1.35. The fraction of sp³-hybridized carbons (Fsp3) is 0.386. The number of para-hydroxylation sites is 1. The third kappa shape index (κ3) is 7.91. The highest BCUT2D eigenvalue weighted by atomic mass is 19.1. The number of morpholine rings is 1. The van der Waals surface area contributed by atoms with Crippen LogP contribution in [0.25, 0.3) is 22.2 Å². The molecule has 306 valence electrons. The van der Waals surface area contributed by atoms with Gasteiger partial charge in [-0.1, -0.05) is 24.3 Å². The maximum absolute atomic E-state index is 16.3. The van der Waals surface area contributed by atoms with Gasteiger partial charge in [-0.25, -0.2) is 9.18 Å². The normalized spacial score (nSPS) is 20.6. The number of aromatic nitrogens is 3. The fourth-order valence-electron chi connectivity index (χ4n) is 9.03. The molecule has 1 atom stereocenters. The number of anilines is 3. The van der Waals surface area contributed by atoms with E-state index in [4.69, 9.17) is 10.5 Å². The number of nitrogens with two attached hydrogens (primary N) is 1. The molecule has 14 nitrogen and oxygen atoms in total. The molecular weight excluding hydrogens is 754 g/mol. The first-order valence-electron chi connectivity index (χ1n) is 20.4. The van der Waals surface area contributed by atoms with E-state index in [1.54, 1.807) is 28.0 Å². The number of amides is 4. The number of piperidine rings is 2. The number of benzene rings is 3. The molecule has 5 aromatic rings. The molecule has 6 heterocycles. The molecule has 4 aliphatic rings. The van der Waals surface area contributed by atoms with Crippen molar-refractivity contribution < 1.29 is 28.6 Å². The van der Waals surface area contributed by atoms with E-state index in [0.29, 0.717) is 87.0 Å². The smallest absolute Gasteiger partial charge is 0.328 e. The molecule has 9 rings (SSSR count). The molecule has 0 aliphatic carbocycles. The number of aromatic hydroxyl groups is 1. The molecule has 3 aromatic carbocycles. The third-order valence-corrected chi connectivity index (χ3v) is 12.4. The average molecular weight is 802 g/mol. The predicted molar refractivity (Wildman–Crippen MR) is 222 cm³/mol. The van der Waals surface area contributed by atoms with Crippen LogP contribution in [0.2, 0.25) is 0 Å². The van der Waals surface area contributed by atoms with Crippen molar-refractivity contribution in [2.45, 2.75) is 49.9 Å². The number of phenols is 1. The maximum atomic E-state index is 16.3. The van der Waals surface area contributed by atoms with Gasteiger partial charge in [0, 0.05) is 112 Å². The lowest BCUT2D eigenvalue weighted by molar-refractivity contribution is -0.120. The number of phenolic OH excluding ortho intramolecular Hbond substituents is 1. The SMILES string of the molecule is Nc1nnc(-c2ccccc2O)cc1N1CCO[C@H](c2ccc(C(=O)N3CCC(F)(CN4CCC(n5ccc6cc(N7CCC(=O)NC7=O)ccc65)CC4)CC3)cc2)C1. The second-order valence-electron chi connectivity index (χ2n) is 16.1. The van der Waals surface area contributed by atoms with Crippen LogP contribution in [0.15, 0.2) is 85.1 Å². The van der Waals surface area contributed by atoms with Crippen LogP contribution in [0.5, 0.6) is 5.75 Å². The van der Waals surface area contributed by atoms with Gasteiger partial charge in [-0.3, -0.25) is 19.8 Å². The lowest BCUT2D eigenvalue weighted by atomic mass is 9.91. The zero-order valence-corrected chi connectivity index (χ0v) is 32.8. The summed E-state index contributed by atoms with van der Waals surface area (Å²) in [6.45, 7) is 4.63. The predicted octanol–water partition coefficient (Wildman–Crippen LogP) is 5.69. The number of urea groups is 1. The van der Waals surface area contributed by atoms with Crippen molar-refractivity contribution in [1.29, 1.82) is 0 Å². The number of ether oxygens (including phenoxy) is 1. The van der Waals surface area contributed by atoms with Crippen LogP contribution in [0.4, 0.5) is 26.4 Å². The van der Waals surface area contributed by atoms with E-state index < -0.39 is 11.7 Å². The van der Waals surface area contributed by atoms with E-state index in [1.165, 1.54) is 0 Å². The number of rotatable bonds is 8. The number of halogens is 1. The van der Waals surface area contributed by atoms with Gasteiger partial charge in [0.15, 0.2) is 5.82 Å². The first kappa shape index (κ1) is 38.5. The Morgan fingerprint density at radius 3 is 2.47 bits per heavy atom. The molecule has 4 amide bonds. The molecule has 4 aliphatic heterocycles. The summed E-state index contributed by atoms with van der Waals surface area (Å²) >= 11 is 0. The summed E-state index contributed by atoms with van der Waals surface area (Å²) < 4.78 is 24.7. The van der Waals surface area contributed by atoms with Crippen molar-refractivity contribution in [3.63, 3.8) is 0 Å². The molecular formula is C44H48FN9O5. The number of alkyl halides is 1. The summed E-state index contributed by atoms with van der Waals surface area (Å²) in [7, 11) is 0. The Morgan fingerprint density at radius 2 is 1.71 bits per heavy atom. The zero-order chi connectivity index (χ0) is 40.7. The second kappa shape index (κ2) is 15.9. The summed E-state index contributed by atoms with van der Waals surface area (Å²) in [6, 6.07) is 24.2. The van der Waals surface area contributed by atoms with Crippen molar-refractivity contribution in [2.24, 2.45) is 0 Å². The minimum Gasteiger partial charge on any atom is -0.507 e. The molecule has 4 fully saturated rings. The van der Waals surface area contributed by atoms with Crippen molar-refractivity contribution >= 4 is 45.9 Å². The highest BCUT2D eigenvalue weighted by Gasteiger charge is 2.39. The topological polar surface area (TPSA) is 162 Å². The Bertz CT molecular complexity index is 2370. The highest BCUT2D eigenvalue weighted by Crippen LogP contribution is 2.36. The van der Waals surface area contributed by atoms with Gasteiger partial charge in [-0.15, -0.1) is 10.2 Å². The lowest BCUT2D eigenvalue weighted by Crippen LogP contribution is -2.51. The molecule has 0 spiro atoms. The van der Waals surface area contributed by atoms with Crippen LogP contribution in [0.3, 0.4) is 0 Å². The van der Waals surface area contributed by atoms with E-state index in [0.717, 1.165) is 48.1 Å². The van der Waals surface area contributed by atoms with Crippen molar-refractivity contribution in [1.82, 2.24) is 29.9 Å². The average Bonchev–Trinajstić information content (AvgIpc) is 3.68. The molecule has 4 saturated heterocycles. The van der Waals surface area contributed by atoms with Gasteiger partial charge in [0.25, 0.3) is 5.91 Å². The molecule has 0 saturated carbocycles. The number of nitrogen functional groups attached to an aromatic ring is 1. The largest absolute Gasteiger partial charge is 0.507 e. The lowest BCUT2D eigenvalue weighted by Gasteiger charge is -2.41. The van der Waals surface area contributed by atoms with Gasteiger partial charge in [0.05, 0.1) is 18.0 Å². The molecule has 4 N–H and O–H groups in total. The number of hydrogen-bond acceptors (Lipinski definition) is 10. The van der Waals surface area contributed by atoms with Crippen LogP contribution < -0.4 is 20.9 Å². The first-order chi connectivity index (χ1) is 28.6. The number of hydrogen-bond donors (Lipinski definition) is 3. The van der Waals surface area contributed by atoms with Crippen molar-refractivity contribution in [3.8, 4) is 17.0 Å². The van der Waals surface area contributed by atoms with Crippen LogP contribution in [0.1, 0.15) is 60.2 Å². The number of fused-ring (bicyclic) bond motifs is 1. The summed E-state index contributed by atoms with van der Waals surface area (Å²) in [4.78, 5) is 45.2. The number of imide groups is 1. The van der Waals surface area contributed by atoms with Gasteiger partial charge in [0.2, 0.25) is 5.91 Å². The monoisotopic (exact) mass is 801 g/mol. The third-order valence-electron chi connectivity index (χ3n) is 12.4. The molecule has 0 radical (unpaired) electrons.